The first kappa shape index (κ1) is 25.3. The number of carbonyl (C=O) groups is 1. The topological polar surface area (TPSA) is 70.6 Å². The molecule has 0 spiro atoms. The largest absolute Gasteiger partial charge is 0.309 e. The summed E-state index contributed by atoms with van der Waals surface area (Å²) in [6.07, 6.45) is 1.26. The van der Waals surface area contributed by atoms with Crippen LogP contribution < -0.4 is 4.90 Å². The molecule has 8 heteroatoms. The minimum atomic E-state index is -3.41. The van der Waals surface area contributed by atoms with Crippen molar-refractivity contribution >= 4 is 42.4 Å². The number of sulfone groups is 1. The molecule has 1 heterocycles. The summed E-state index contributed by atoms with van der Waals surface area (Å²) in [6.45, 7) is 7.41. The molecule has 0 fully saturated rings. The van der Waals surface area contributed by atoms with E-state index in [1.807, 2.05) is 27.9 Å². The highest BCUT2D eigenvalue weighted by Gasteiger charge is 2.22. The molecule has 0 aliphatic rings. The summed E-state index contributed by atoms with van der Waals surface area (Å²) in [5.41, 5.74) is 4.17. The minimum absolute atomic E-state index is 0.0502. The summed E-state index contributed by atoms with van der Waals surface area (Å²) in [5, 5.41) is 0.688. The van der Waals surface area contributed by atoms with Gasteiger partial charge < -0.3 is 4.90 Å². The van der Waals surface area contributed by atoms with Crippen molar-refractivity contribution in [2.24, 2.45) is 0 Å². The van der Waals surface area contributed by atoms with E-state index in [9.17, 15) is 13.2 Å². The standard InChI is InChI=1S/C25H33N3O3S2/c1-18-9-13-21(14-10-18)33(30,31)17-6-8-22(29)28(16-7-15-27(4)5)25-26-23-19(2)11-12-20(3)24(23)32-25/h9-14H,6-8,15-17H2,1-5H3. The zero-order chi connectivity index (χ0) is 24.2. The van der Waals surface area contributed by atoms with Crippen molar-refractivity contribution in [3.63, 3.8) is 0 Å². The van der Waals surface area contributed by atoms with Crippen molar-refractivity contribution in [2.75, 3.05) is 37.8 Å². The van der Waals surface area contributed by atoms with Crippen LogP contribution in [0.5, 0.6) is 0 Å². The van der Waals surface area contributed by atoms with Gasteiger partial charge in [-0.15, -0.1) is 0 Å². The number of hydrogen-bond donors (Lipinski definition) is 0. The van der Waals surface area contributed by atoms with E-state index < -0.39 is 9.84 Å². The van der Waals surface area contributed by atoms with Crippen LogP contribution in [-0.2, 0) is 14.6 Å². The van der Waals surface area contributed by atoms with Crippen molar-refractivity contribution in [1.82, 2.24) is 9.88 Å². The summed E-state index contributed by atoms with van der Waals surface area (Å²) in [5.74, 6) is -0.131. The molecule has 33 heavy (non-hydrogen) atoms. The number of hydrogen-bond acceptors (Lipinski definition) is 6. The number of aryl methyl sites for hydroxylation is 3. The van der Waals surface area contributed by atoms with Crippen molar-refractivity contribution in [1.29, 1.82) is 0 Å². The zero-order valence-electron chi connectivity index (χ0n) is 20.1. The molecule has 0 saturated carbocycles. The third-order valence-electron chi connectivity index (χ3n) is 5.63. The maximum Gasteiger partial charge on any atom is 0.228 e. The quantitative estimate of drug-likeness (QED) is 0.412. The van der Waals surface area contributed by atoms with Crippen LogP contribution in [0.15, 0.2) is 41.3 Å². The highest BCUT2D eigenvalue weighted by Crippen LogP contribution is 2.33. The molecular weight excluding hydrogens is 454 g/mol. The van der Waals surface area contributed by atoms with Gasteiger partial charge in [0, 0.05) is 13.0 Å². The molecule has 1 amide bonds. The van der Waals surface area contributed by atoms with Crippen molar-refractivity contribution in [3.05, 3.63) is 53.1 Å². The van der Waals surface area contributed by atoms with Gasteiger partial charge in [0.05, 0.1) is 20.9 Å². The molecule has 0 unspecified atom stereocenters. The molecule has 6 nitrogen and oxygen atoms in total. The van der Waals surface area contributed by atoms with Gasteiger partial charge >= 0.3 is 0 Å². The SMILES string of the molecule is Cc1ccc(S(=O)(=O)CCCC(=O)N(CCCN(C)C)c2nc3c(C)ccc(C)c3s2)cc1. The van der Waals surface area contributed by atoms with Gasteiger partial charge in [0.15, 0.2) is 15.0 Å². The number of nitrogens with zero attached hydrogens (tertiary/aromatic N) is 3. The molecular formula is C25H33N3O3S2. The lowest BCUT2D eigenvalue weighted by Gasteiger charge is -2.21. The van der Waals surface area contributed by atoms with Gasteiger partial charge in [-0.2, -0.15) is 0 Å². The predicted molar refractivity (Wildman–Crippen MR) is 137 cm³/mol. The molecule has 2 aromatic carbocycles. The van der Waals surface area contributed by atoms with Crippen LogP contribution in [0.25, 0.3) is 10.2 Å². The summed E-state index contributed by atoms with van der Waals surface area (Å²) < 4.78 is 26.4. The van der Waals surface area contributed by atoms with Crippen LogP contribution in [0, 0.1) is 20.8 Å². The Balaban J connectivity index is 1.75. The minimum Gasteiger partial charge on any atom is -0.309 e. The fourth-order valence-corrected chi connectivity index (χ4v) is 6.11. The number of rotatable bonds is 10. The Hall–Kier alpha value is -2.29. The van der Waals surface area contributed by atoms with E-state index in [1.54, 1.807) is 29.2 Å². The average molecular weight is 488 g/mol. The predicted octanol–water partition coefficient (Wildman–Crippen LogP) is 4.76. The van der Waals surface area contributed by atoms with E-state index >= 15 is 0 Å². The van der Waals surface area contributed by atoms with Crippen molar-refractivity contribution in [3.8, 4) is 0 Å². The maximum absolute atomic E-state index is 13.2. The number of aromatic nitrogens is 1. The molecule has 0 N–H and O–H groups in total. The number of fused-ring (bicyclic) bond motifs is 1. The highest BCUT2D eigenvalue weighted by molar-refractivity contribution is 7.91. The van der Waals surface area contributed by atoms with E-state index in [0.29, 0.717) is 16.6 Å². The molecule has 0 bridgehead atoms. The van der Waals surface area contributed by atoms with Gasteiger partial charge in [-0.3, -0.25) is 9.69 Å². The van der Waals surface area contributed by atoms with E-state index in [0.717, 1.165) is 39.9 Å². The Bertz CT molecular complexity index is 1180. The second kappa shape index (κ2) is 10.8. The number of thiazole rings is 1. The molecule has 3 rings (SSSR count). The van der Waals surface area contributed by atoms with Crippen LogP contribution >= 0.6 is 11.3 Å². The van der Waals surface area contributed by atoms with Gasteiger partial charge in [-0.25, -0.2) is 13.4 Å². The summed E-state index contributed by atoms with van der Waals surface area (Å²) >= 11 is 1.53. The smallest absolute Gasteiger partial charge is 0.228 e. The molecule has 1 aromatic heterocycles. The third-order valence-corrected chi connectivity index (χ3v) is 8.66. The first-order valence-corrected chi connectivity index (χ1v) is 13.7. The lowest BCUT2D eigenvalue weighted by Crippen LogP contribution is -2.33. The molecule has 0 radical (unpaired) electrons. The van der Waals surface area contributed by atoms with E-state index in [2.05, 4.69) is 24.0 Å². The molecule has 0 atom stereocenters. The van der Waals surface area contributed by atoms with Gasteiger partial charge in [0.2, 0.25) is 5.91 Å². The van der Waals surface area contributed by atoms with Crippen LogP contribution in [-0.4, -0.2) is 57.1 Å². The normalized spacial score (nSPS) is 11.9. The fourth-order valence-electron chi connectivity index (χ4n) is 3.65. The Kier molecular flexibility index (Phi) is 8.26. The molecule has 0 saturated heterocycles. The first-order chi connectivity index (χ1) is 15.6. The zero-order valence-corrected chi connectivity index (χ0v) is 21.7. The monoisotopic (exact) mass is 487 g/mol. The number of carbonyl (C=O) groups excluding carboxylic acids is 1. The van der Waals surface area contributed by atoms with Crippen LogP contribution in [0.2, 0.25) is 0 Å². The maximum atomic E-state index is 13.2. The van der Waals surface area contributed by atoms with Crippen LogP contribution in [0.1, 0.15) is 36.0 Å². The van der Waals surface area contributed by atoms with Gasteiger partial charge in [0.1, 0.15) is 0 Å². The highest BCUT2D eigenvalue weighted by atomic mass is 32.2. The van der Waals surface area contributed by atoms with E-state index in [4.69, 9.17) is 4.98 Å². The molecule has 0 aliphatic carbocycles. The number of anilines is 1. The molecule has 178 valence electrons. The Labute approximate surface area is 201 Å². The average Bonchev–Trinajstić information content (AvgIpc) is 3.20. The molecule has 0 aliphatic heterocycles. The van der Waals surface area contributed by atoms with E-state index in [-0.39, 0.29) is 24.5 Å². The van der Waals surface area contributed by atoms with Gasteiger partial charge in [-0.05, 0) is 77.5 Å². The fraction of sp³-hybridized carbons (Fsp3) is 0.440. The number of amides is 1. The van der Waals surface area contributed by atoms with Crippen LogP contribution in [0.3, 0.4) is 0 Å². The van der Waals surface area contributed by atoms with Crippen molar-refractivity contribution < 1.29 is 13.2 Å². The number of benzene rings is 2. The Morgan fingerprint density at radius 3 is 2.24 bits per heavy atom. The van der Waals surface area contributed by atoms with E-state index in [1.165, 1.54) is 11.3 Å². The summed E-state index contributed by atoms with van der Waals surface area (Å²) in [4.78, 5) is 22.1. The Morgan fingerprint density at radius 1 is 0.939 bits per heavy atom. The van der Waals surface area contributed by atoms with Crippen LogP contribution in [0.4, 0.5) is 5.13 Å². The van der Waals surface area contributed by atoms with Gasteiger partial charge in [-0.1, -0.05) is 41.2 Å². The lowest BCUT2D eigenvalue weighted by molar-refractivity contribution is -0.118. The lowest BCUT2D eigenvalue weighted by atomic mass is 10.1. The van der Waals surface area contributed by atoms with Gasteiger partial charge in [0.25, 0.3) is 0 Å². The third kappa shape index (κ3) is 6.40. The molecule has 3 aromatic rings. The summed E-state index contributed by atoms with van der Waals surface area (Å²) in [7, 11) is 0.600. The van der Waals surface area contributed by atoms with Crippen molar-refractivity contribution in [2.45, 2.75) is 44.9 Å². The second-order valence-electron chi connectivity index (χ2n) is 8.81. The summed E-state index contributed by atoms with van der Waals surface area (Å²) in [6, 6.07) is 11.0. The second-order valence-corrected chi connectivity index (χ2v) is 11.9. The Morgan fingerprint density at radius 2 is 1.61 bits per heavy atom. The first-order valence-electron chi connectivity index (χ1n) is 11.2.